The lowest BCUT2D eigenvalue weighted by Gasteiger charge is -2.16. The van der Waals surface area contributed by atoms with Crippen LogP contribution in [0.5, 0.6) is 5.75 Å². The summed E-state index contributed by atoms with van der Waals surface area (Å²) < 4.78 is 0. The Balaban J connectivity index is 1.92. The number of anilines is 1. The molecule has 2 aromatic rings. The van der Waals surface area contributed by atoms with Crippen LogP contribution in [0.1, 0.15) is 24.5 Å². The zero-order chi connectivity index (χ0) is 15.1. The maximum Gasteiger partial charge on any atom is 0.115 e. The monoisotopic (exact) mass is 285 g/mol. The first-order chi connectivity index (χ1) is 10.2. The number of rotatable bonds is 7. The third kappa shape index (κ3) is 5.12. The quantitative estimate of drug-likeness (QED) is 0.731. The van der Waals surface area contributed by atoms with Crippen LogP contribution < -0.4 is 5.32 Å². The standard InChI is InChI=1S/C18H23NO2/c1-14(12-16-7-9-18(21)10-8-16)19-17-6-2-4-15(13-17)5-3-11-20/h2,4,6-10,13-14,19-21H,3,5,11-12H2,1H3. The van der Waals surface area contributed by atoms with E-state index in [4.69, 9.17) is 5.11 Å². The number of hydrogen-bond acceptors (Lipinski definition) is 3. The molecule has 0 aliphatic rings. The second-order valence-electron chi connectivity index (χ2n) is 5.44. The van der Waals surface area contributed by atoms with E-state index in [9.17, 15) is 5.11 Å². The number of aromatic hydroxyl groups is 1. The summed E-state index contributed by atoms with van der Waals surface area (Å²) in [7, 11) is 0. The maximum absolute atomic E-state index is 9.29. The third-order valence-electron chi connectivity index (χ3n) is 3.44. The van der Waals surface area contributed by atoms with Gasteiger partial charge in [0.2, 0.25) is 0 Å². The van der Waals surface area contributed by atoms with E-state index in [-0.39, 0.29) is 6.61 Å². The van der Waals surface area contributed by atoms with Gasteiger partial charge in [-0.1, -0.05) is 24.3 Å². The summed E-state index contributed by atoms with van der Waals surface area (Å²) in [4.78, 5) is 0. The van der Waals surface area contributed by atoms with Gasteiger partial charge in [0.25, 0.3) is 0 Å². The molecule has 3 N–H and O–H groups in total. The van der Waals surface area contributed by atoms with Gasteiger partial charge in [0.1, 0.15) is 5.75 Å². The predicted octanol–water partition coefficient (Wildman–Crippen LogP) is 3.36. The molecular weight excluding hydrogens is 262 g/mol. The minimum absolute atomic E-state index is 0.231. The molecule has 3 heteroatoms. The Morgan fingerprint density at radius 2 is 1.81 bits per heavy atom. The average Bonchev–Trinajstić information content (AvgIpc) is 2.48. The van der Waals surface area contributed by atoms with Gasteiger partial charge < -0.3 is 15.5 Å². The maximum atomic E-state index is 9.29. The van der Waals surface area contributed by atoms with Crippen LogP contribution in [0.25, 0.3) is 0 Å². The minimum atomic E-state index is 0.231. The van der Waals surface area contributed by atoms with Crippen molar-refractivity contribution in [2.75, 3.05) is 11.9 Å². The molecule has 3 nitrogen and oxygen atoms in total. The number of hydrogen-bond donors (Lipinski definition) is 3. The van der Waals surface area contributed by atoms with Crippen LogP contribution in [-0.4, -0.2) is 22.9 Å². The molecule has 2 aromatic carbocycles. The Bertz CT molecular complexity index is 551. The largest absolute Gasteiger partial charge is 0.508 e. The Kier molecular flexibility index (Phi) is 5.64. The highest BCUT2D eigenvalue weighted by molar-refractivity contribution is 5.46. The lowest BCUT2D eigenvalue weighted by Crippen LogP contribution is -2.18. The van der Waals surface area contributed by atoms with Crippen molar-refractivity contribution in [2.24, 2.45) is 0 Å². The molecule has 1 atom stereocenters. The van der Waals surface area contributed by atoms with Crippen LogP contribution in [0.2, 0.25) is 0 Å². The van der Waals surface area contributed by atoms with Gasteiger partial charge in [-0.3, -0.25) is 0 Å². The number of benzene rings is 2. The van der Waals surface area contributed by atoms with Gasteiger partial charge >= 0.3 is 0 Å². The molecule has 0 amide bonds. The van der Waals surface area contributed by atoms with E-state index in [2.05, 4.69) is 30.4 Å². The van der Waals surface area contributed by atoms with E-state index in [1.165, 1.54) is 11.1 Å². The Hall–Kier alpha value is -2.00. The fourth-order valence-corrected chi connectivity index (χ4v) is 2.42. The Morgan fingerprint density at radius 1 is 1.05 bits per heavy atom. The van der Waals surface area contributed by atoms with Crippen LogP contribution in [0.4, 0.5) is 5.69 Å². The van der Waals surface area contributed by atoms with E-state index in [0.29, 0.717) is 11.8 Å². The number of aliphatic hydroxyl groups is 1. The highest BCUT2D eigenvalue weighted by Crippen LogP contribution is 2.16. The van der Waals surface area contributed by atoms with Gasteiger partial charge in [-0.05, 0) is 61.6 Å². The van der Waals surface area contributed by atoms with Crippen LogP contribution in [0.15, 0.2) is 48.5 Å². The lowest BCUT2D eigenvalue weighted by molar-refractivity contribution is 0.288. The number of aliphatic hydroxyl groups excluding tert-OH is 1. The summed E-state index contributed by atoms with van der Waals surface area (Å²) in [5.74, 6) is 0.302. The molecule has 1 unspecified atom stereocenters. The van der Waals surface area contributed by atoms with Gasteiger partial charge in [-0.25, -0.2) is 0 Å². The molecule has 0 bridgehead atoms. The van der Waals surface area contributed by atoms with Crippen molar-refractivity contribution >= 4 is 5.69 Å². The molecule has 0 heterocycles. The van der Waals surface area contributed by atoms with Crippen molar-refractivity contribution in [3.63, 3.8) is 0 Å². The first kappa shape index (κ1) is 15.4. The number of nitrogens with one attached hydrogen (secondary N) is 1. The Morgan fingerprint density at radius 3 is 2.52 bits per heavy atom. The molecule has 0 saturated carbocycles. The SMILES string of the molecule is CC(Cc1ccc(O)cc1)Nc1cccc(CCCO)c1. The van der Waals surface area contributed by atoms with Crippen molar-refractivity contribution in [2.45, 2.75) is 32.2 Å². The van der Waals surface area contributed by atoms with Crippen molar-refractivity contribution in [1.29, 1.82) is 0 Å². The van der Waals surface area contributed by atoms with E-state index < -0.39 is 0 Å². The molecule has 0 fully saturated rings. The van der Waals surface area contributed by atoms with E-state index in [1.54, 1.807) is 12.1 Å². The summed E-state index contributed by atoms with van der Waals surface area (Å²) in [6.07, 6.45) is 2.60. The number of phenols is 1. The zero-order valence-corrected chi connectivity index (χ0v) is 12.4. The van der Waals surface area contributed by atoms with Crippen LogP contribution in [0.3, 0.4) is 0 Å². The molecule has 0 aromatic heterocycles. The van der Waals surface area contributed by atoms with Gasteiger partial charge in [-0.2, -0.15) is 0 Å². The van der Waals surface area contributed by atoms with Crippen LogP contribution in [0, 0.1) is 0 Å². The minimum Gasteiger partial charge on any atom is -0.508 e. The molecule has 0 aliphatic heterocycles. The molecule has 112 valence electrons. The summed E-state index contributed by atoms with van der Waals surface area (Å²) in [6, 6.07) is 16.0. The number of aryl methyl sites for hydroxylation is 1. The van der Waals surface area contributed by atoms with Gasteiger partial charge in [-0.15, -0.1) is 0 Å². The van der Waals surface area contributed by atoms with Gasteiger partial charge in [0.05, 0.1) is 0 Å². The fraction of sp³-hybridized carbons (Fsp3) is 0.333. The Labute approximate surface area is 126 Å². The fourth-order valence-electron chi connectivity index (χ4n) is 2.42. The van der Waals surface area contributed by atoms with Gasteiger partial charge in [0.15, 0.2) is 0 Å². The number of phenolic OH excluding ortho intramolecular Hbond substituents is 1. The predicted molar refractivity (Wildman–Crippen MR) is 86.7 cm³/mol. The van der Waals surface area contributed by atoms with Crippen molar-refractivity contribution in [3.05, 3.63) is 59.7 Å². The topological polar surface area (TPSA) is 52.5 Å². The normalized spacial score (nSPS) is 12.1. The third-order valence-corrected chi connectivity index (χ3v) is 3.44. The van der Waals surface area contributed by atoms with Crippen molar-refractivity contribution in [3.8, 4) is 5.75 Å². The molecule has 2 rings (SSSR count). The molecular formula is C18H23NO2. The average molecular weight is 285 g/mol. The molecule has 21 heavy (non-hydrogen) atoms. The first-order valence-electron chi connectivity index (χ1n) is 7.41. The lowest BCUT2D eigenvalue weighted by atomic mass is 10.1. The van der Waals surface area contributed by atoms with Crippen LogP contribution in [-0.2, 0) is 12.8 Å². The summed E-state index contributed by atoms with van der Waals surface area (Å²) in [5, 5.41) is 21.7. The van der Waals surface area contributed by atoms with Crippen molar-refractivity contribution in [1.82, 2.24) is 0 Å². The second kappa shape index (κ2) is 7.70. The van der Waals surface area contributed by atoms with Crippen molar-refractivity contribution < 1.29 is 10.2 Å². The highest BCUT2D eigenvalue weighted by Gasteiger charge is 2.04. The van der Waals surface area contributed by atoms with E-state index >= 15 is 0 Å². The first-order valence-corrected chi connectivity index (χ1v) is 7.41. The van der Waals surface area contributed by atoms with E-state index in [1.807, 2.05) is 18.2 Å². The highest BCUT2D eigenvalue weighted by atomic mass is 16.3. The second-order valence-corrected chi connectivity index (χ2v) is 5.44. The molecule has 0 radical (unpaired) electrons. The molecule has 0 aliphatic carbocycles. The summed E-state index contributed by atoms with van der Waals surface area (Å²) in [6.45, 7) is 2.38. The van der Waals surface area contributed by atoms with Crippen LogP contribution >= 0.6 is 0 Å². The molecule has 0 spiro atoms. The van der Waals surface area contributed by atoms with E-state index in [0.717, 1.165) is 24.9 Å². The smallest absolute Gasteiger partial charge is 0.115 e. The zero-order valence-electron chi connectivity index (χ0n) is 12.4. The summed E-state index contributed by atoms with van der Waals surface area (Å²) in [5.41, 5.74) is 3.55. The van der Waals surface area contributed by atoms with Gasteiger partial charge in [0, 0.05) is 18.3 Å². The summed E-state index contributed by atoms with van der Waals surface area (Å²) >= 11 is 0. The molecule has 0 saturated heterocycles.